The number of aryl methyl sites for hydroxylation is 3. The molecule has 344 valence electrons. The first kappa shape index (κ1) is 45.2. The van der Waals surface area contributed by atoms with Crippen LogP contribution in [0.3, 0.4) is 0 Å². The highest BCUT2D eigenvalue weighted by atomic mass is 35.5. The average molecular weight is 931 g/mol. The predicted molar refractivity (Wildman–Crippen MR) is 256 cm³/mol. The normalized spacial score (nSPS) is 17.0. The van der Waals surface area contributed by atoms with Crippen molar-refractivity contribution in [3.8, 4) is 33.6 Å². The molecule has 0 spiro atoms. The van der Waals surface area contributed by atoms with Gasteiger partial charge in [-0.1, -0.05) is 42.8 Å². The Morgan fingerprint density at radius 3 is 2.24 bits per heavy atom. The summed E-state index contributed by atoms with van der Waals surface area (Å²) in [6.07, 6.45) is 2.71. The molecule has 1 atom stereocenters. The number of aliphatic imine (C=N–C) groups is 1. The van der Waals surface area contributed by atoms with E-state index in [0.717, 1.165) is 98.4 Å². The minimum atomic E-state index is -0.481. The number of benzene rings is 3. The van der Waals surface area contributed by atoms with Crippen LogP contribution in [0.25, 0.3) is 22.1 Å². The number of piperazine rings is 1. The fourth-order valence-electron chi connectivity index (χ4n) is 9.47. The van der Waals surface area contributed by atoms with Crippen LogP contribution in [0.1, 0.15) is 94.1 Å². The van der Waals surface area contributed by atoms with Crippen molar-refractivity contribution >= 4 is 40.5 Å². The molecule has 6 aromatic rings. The van der Waals surface area contributed by atoms with Gasteiger partial charge in [-0.2, -0.15) is 0 Å². The number of carbonyl (C=O) groups is 2. The number of aromatic hydroxyl groups is 2. The van der Waals surface area contributed by atoms with Crippen molar-refractivity contribution in [2.75, 3.05) is 52.4 Å². The number of hydrogen-bond donors (Lipinski definition) is 3. The maximum absolute atomic E-state index is 14.1. The van der Waals surface area contributed by atoms with Crippen LogP contribution in [0.2, 0.25) is 5.02 Å². The summed E-state index contributed by atoms with van der Waals surface area (Å²) in [6.45, 7) is 17.5. The lowest BCUT2D eigenvalue weighted by Gasteiger charge is -2.39. The predicted octanol–water partition coefficient (Wildman–Crippen LogP) is 7.22. The smallest absolute Gasteiger partial charge is 0.289 e. The fourth-order valence-corrected chi connectivity index (χ4v) is 10.8. The van der Waals surface area contributed by atoms with Crippen molar-refractivity contribution in [1.82, 2.24) is 49.5 Å². The number of nitrogens with zero attached hydrogens (tertiary/aromatic N) is 10. The van der Waals surface area contributed by atoms with E-state index in [9.17, 15) is 19.8 Å². The standard InChI is InChI=1S/C49H56ClN11O4S/c1-6-34-24-38(41(63)26-40(34)62)45-54-56-47(48(65)51-7-2)61(45)37-14-8-32(9-15-37)27-57-20-22-58(23-21-57)28-33-16-18-59(19-17-33)42(64)25-39-46-55-53-31(5)60(46)49-43(29(3)30(4)66-49)44(52-39)35-10-12-36(50)13-11-35/h8-15,24,26,33,39,62-63H,6-7,16-23,25,27-28H2,1-5H3,(H,51,65)/t39-/m0/s1. The summed E-state index contributed by atoms with van der Waals surface area (Å²) in [5, 5.41) is 43.3. The van der Waals surface area contributed by atoms with E-state index in [1.165, 1.54) is 16.5 Å². The van der Waals surface area contributed by atoms with Gasteiger partial charge < -0.3 is 25.3 Å². The van der Waals surface area contributed by atoms with Gasteiger partial charge in [0.05, 0.1) is 17.7 Å². The molecular weight excluding hydrogens is 874 g/mol. The zero-order chi connectivity index (χ0) is 46.2. The number of fused-ring (bicyclic) bond motifs is 3. The van der Waals surface area contributed by atoms with E-state index in [2.05, 4.69) is 66.1 Å². The number of carbonyl (C=O) groups excluding carboxylic acids is 2. The summed E-state index contributed by atoms with van der Waals surface area (Å²) in [4.78, 5) is 40.8. The third-order valence-electron chi connectivity index (χ3n) is 13.3. The number of nitrogens with one attached hydrogen (secondary N) is 1. The van der Waals surface area contributed by atoms with Crippen LogP contribution in [0.5, 0.6) is 11.5 Å². The second-order valence-electron chi connectivity index (χ2n) is 17.6. The Morgan fingerprint density at radius 1 is 0.833 bits per heavy atom. The molecule has 3 aromatic heterocycles. The lowest BCUT2D eigenvalue weighted by atomic mass is 9.95. The van der Waals surface area contributed by atoms with Gasteiger partial charge in [0.1, 0.15) is 28.4 Å². The number of hydrogen-bond acceptors (Lipinski definition) is 12. The maximum atomic E-state index is 14.1. The Bertz CT molecular complexity index is 2780. The molecule has 0 radical (unpaired) electrons. The summed E-state index contributed by atoms with van der Waals surface area (Å²) in [6, 6.07) is 18.3. The van der Waals surface area contributed by atoms with Gasteiger partial charge in [-0.15, -0.1) is 31.7 Å². The van der Waals surface area contributed by atoms with E-state index in [-0.39, 0.29) is 35.6 Å². The van der Waals surface area contributed by atoms with Crippen LogP contribution >= 0.6 is 22.9 Å². The molecule has 2 fully saturated rings. The van der Waals surface area contributed by atoms with Gasteiger partial charge >= 0.3 is 0 Å². The molecule has 2 amide bonds. The van der Waals surface area contributed by atoms with Gasteiger partial charge in [0.25, 0.3) is 5.91 Å². The molecule has 3 N–H and O–H groups in total. The zero-order valence-corrected chi connectivity index (χ0v) is 39.7. The number of phenolic OH excluding ortho intramolecular Hbond substituents is 2. The van der Waals surface area contributed by atoms with Crippen molar-refractivity contribution in [3.05, 3.63) is 116 Å². The first-order valence-electron chi connectivity index (χ1n) is 22.9. The molecule has 9 rings (SSSR count). The van der Waals surface area contributed by atoms with Crippen LogP contribution in [0.4, 0.5) is 0 Å². The zero-order valence-electron chi connectivity index (χ0n) is 38.1. The van der Waals surface area contributed by atoms with Gasteiger partial charge in [0.15, 0.2) is 11.6 Å². The highest BCUT2D eigenvalue weighted by Gasteiger charge is 2.35. The summed E-state index contributed by atoms with van der Waals surface area (Å²) < 4.78 is 3.75. The van der Waals surface area contributed by atoms with Crippen molar-refractivity contribution in [2.45, 2.75) is 72.9 Å². The number of likely N-dealkylation sites (tertiary alicyclic amines) is 1. The molecule has 0 saturated carbocycles. The molecule has 6 heterocycles. The highest BCUT2D eigenvalue weighted by Crippen LogP contribution is 2.40. The quantitative estimate of drug-likeness (QED) is 0.114. The van der Waals surface area contributed by atoms with Gasteiger partial charge in [0, 0.05) is 91.7 Å². The SMILES string of the molecule is CCNC(=O)c1nnc(-c2cc(CC)c(O)cc2O)n1-c1ccc(CN2CCN(CC3CCN(C(=O)C[C@@H]4N=C(c5ccc(Cl)cc5)c5c(sc(C)c5C)-n5c(C)nnc54)CC3)CC2)cc1. The Hall–Kier alpha value is -5.94. The van der Waals surface area contributed by atoms with Gasteiger partial charge in [-0.3, -0.25) is 28.6 Å². The number of piperidine rings is 1. The van der Waals surface area contributed by atoms with Crippen molar-refractivity contribution in [3.63, 3.8) is 0 Å². The van der Waals surface area contributed by atoms with Crippen molar-refractivity contribution in [1.29, 1.82) is 0 Å². The van der Waals surface area contributed by atoms with Gasteiger partial charge in [-0.05, 0) is 99.9 Å². The number of aromatic nitrogens is 6. The topological polar surface area (TPSA) is 170 Å². The molecule has 0 aliphatic carbocycles. The van der Waals surface area contributed by atoms with E-state index >= 15 is 0 Å². The van der Waals surface area contributed by atoms with E-state index in [4.69, 9.17) is 16.6 Å². The van der Waals surface area contributed by atoms with E-state index in [1.807, 2.05) is 62.1 Å². The lowest BCUT2D eigenvalue weighted by molar-refractivity contribution is -0.133. The van der Waals surface area contributed by atoms with E-state index in [1.54, 1.807) is 22.0 Å². The maximum Gasteiger partial charge on any atom is 0.289 e. The number of amides is 2. The van der Waals surface area contributed by atoms with Gasteiger partial charge in [-0.25, -0.2) is 0 Å². The molecule has 15 nitrogen and oxygen atoms in total. The van der Waals surface area contributed by atoms with Crippen molar-refractivity contribution < 1.29 is 19.8 Å². The fraction of sp³-hybridized carbons (Fsp3) is 0.408. The molecule has 3 aliphatic rings. The molecule has 0 bridgehead atoms. The first-order chi connectivity index (χ1) is 31.9. The van der Waals surface area contributed by atoms with Crippen LogP contribution in [0.15, 0.2) is 65.7 Å². The lowest BCUT2D eigenvalue weighted by Crippen LogP contribution is -2.48. The number of halogens is 1. The number of thiophene rings is 1. The molecule has 66 heavy (non-hydrogen) atoms. The molecular formula is C49H56ClN11O4S. The van der Waals surface area contributed by atoms with Crippen LogP contribution in [0, 0.1) is 26.7 Å². The van der Waals surface area contributed by atoms with E-state index < -0.39 is 6.04 Å². The largest absolute Gasteiger partial charge is 0.508 e. The van der Waals surface area contributed by atoms with Crippen LogP contribution in [-0.4, -0.2) is 124 Å². The average Bonchev–Trinajstić information content (AvgIpc) is 3.98. The van der Waals surface area contributed by atoms with Crippen LogP contribution in [-0.2, 0) is 17.8 Å². The summed E-state index contributed by atoms with van der Waals surface area (Å²) in [7, 11) is 0. The third kappa shape index (κ3) is 8.98. The molecule has 17 heteroatoms. The Kier molecular flexibility index (Phi) is 13.1. The minimum absolute atomic E-state index is 0.00163. The summed E-state index contributed by atoms with van der Waals surface area (Å²) >= 11 is 8.01. The monoisotopic (exact) mass is 929 g/mol. The first-order valence-corrected chi connectivity index (χ1v) is 24.1. The van der Waals surface area contributed by atoms with E-state index in [0.29, 0.717) is 52.4 Å². The Balaban J connectivity index is 0.801. The highest BCUT2D eigenvalue weighted by molar-refractivity contribution is 7.15. The van der Waals surface area contributed by atoms with Crippen LogP contribution < -0.4 is 5.32 Å². The Morgan fingerprint density at radius 2 is 1.55 bits per heavy atom. The minimum Gasteiger partial charge on any atom is -0.508 e. The number of rotatable bonds is 12. The van der Waals surface area contributed by atoms with Gasteiger partial charge in [0.2, 0.25) is 11.7 Å². The summed E-state index contributed by atoms with van der Waals surface area (Å²) in [5.74, 6) is 1.99. The second kappa shape index (κ2) is 19.1. The number of phenols is 2. The molecule has 0 unspecified atom stereocenters. The van der Waals surface area contributed by atoms with Crippen molar-refractivity contribution in [2.24, 2.45) is 10.9 Å². The summed E-state index contributed by atoms with van der Waals surface area (Å²) in [5.41, 5.74) is 6.90. The second-order valence-corrected chi connectivity index (χ2v) is 19.2. The molecule has 2 saturated heterocycles. The molecule has 3 aromatic carbocycles. The Labute approximate surface area is 393 Å². The molecule has 3 aliphatic heterocycles. The third-order valence-corrected chi connectivity index (χ3v) is 14.7.